The third-order valence-corrected chi connectivity index (χ3v) is 5.02. The van der Waals surface area contributed by atoms with Crippen LogP contribution in [0.1, 0.15) is 55.1 Å². The number of aromatic carboxylic acids is 1. The summed E-state index contributed by atoms with van der Waals surface area (Å²) in [5.41, 5.74) is 5.30. The highest BCUT2D eigenvalue weighted by Crippen LogP contribution is 2.33. The van der Waals surface area contributed by atoms with Crippen LogP contribution in [0.15, 0.2) is 66.9 Å². The number of unbranched alkanes of at least 4 members (excludes halogenated alkanes) is 4. The van der Waals surface area contributed by atoms with Gasteiger partial charge in [0.05, 0.1) is 5.56 Å². The Hall–Kier alpha value is -2.94. The summed E-state index contributed by atoms with van der Waals surface area (Å²) in [5.74, 6) is -0.919. The van der Waals surface area contributed by atoms with Crippen LogP contribution in [0.3, 0.4) is 0 Å². The van der Waals surface area contributed by atoms with Crippen LogP contribution in [-0.4, -0.2) is 16.1 Å². The number of aryl methyl sites for hydroxylation is 1. The summed E-state index contributed by atoms with van der Waals surface area (Å²) in [6, 6.07) is 19.4. The molecule has 0 amide bonds. The number of carboxylic acids is 1. The van der Waals surface area contributed by atoms with E-state index < -0.39 is 5.97 Å². The van der Waals surface area contributed by atoms with Crippen molar-refractivity contribution in [2.45, 2.75) is 45.4 Å². The van der Waals surface area contributed by atoms with Crippen LogP contribution in [0.25, 0.3) is 22.3 Å². The number of aromatic nitrogens is 1. The van der Waals surface area contributed by atoms with Gasteiger partial charge in [-0.05, 0) is 47.7 Å². The Morgan fingerprint density at radius 1 is 0.857 bits per heavy atom. The van der Waals surface area contributed by atoms with Crippen LogP contribution in [0, 0.1) is 0 Å². The minimum absolute atomic E-state index is 0.287. The fourth-order valence-electron chi connectivity index (χ4n) is 3.43. The summed E-state index contributed by atoms with van der Waals surface area (Å²) in [6.07, 6.45) is 9.11. The number of hydrogen-bond donors (Lipinski definition) is 1. The van der Waals surface area contributed by atoms with Gasteiger partial charge in [0, 0.05) is 17.5 Å². The molecule has 0 atom stereocenters. The van der Waals surface area contributed by atoms with Crippen LogP contribution >= 0.6 is 0 Å². The van der Waals surface area contributed by atoms with Crippen molar-refractivity contribution in [3.05, 3.63) is 78.1 Å². The second-order valence-corrected chi connectivity index (χ2v) is 7.13. The SMILES string of the molecule is CCCCCCCc1ccc(-c2cc(C(=O)O)ccc2-c2ccccc2)cn1. The first-order valence-electron chi connectivity index (χ1n) is 10.1. The molecule has 3 rings (SSSR count). The fraction of sp³-hybridized carbons (Fsp3) is 0.280. The predicted octanol–water partition coefficient (Wildman–Crippen LogP) is 6.63. The highest BCUT2D eigenvalue weighted by molar-refractivity contribution is 5.93. The van der Waals surface area contributed by atoms with E-state index in [4.69, 9.17) is 0 Å². The number of carboxylic acid groups (broad SMARTS) is 1. The molecule has 0 aliphatic rings. The first-order valence-corrected chi connectivity index (χ1v) is 10.1. The third-order valence-electron chi connectivity index (χ3n) is 5.02. The molecule has 3 aromatic rings. The average molecular weight is 373 g/mol. The molecule has 28 heavy (non-hydrogen) atoms. The van der Waals surface area contributed by atoms with E-state index in [2.05, 4.69) is 24.0 Å². The lowest BCUT2D eigenvalue weighted by molar-refractivity contribution is 0.0697. The van der Waals surface area contributed by atoms with Crippen molar-refractivity contribution < 1.29 is 9.90 Å². The van der Waals surface area contributed by atoms with E-state index in [0.29, 0.717) is 0 Å². The lowest BCUT2D eigenvalue weighted by Gasteiger charge is -2.12. The number of rotatable bonds is 9. The molecule has 2 aromatic carbocycles. The molecule has 3 nitrogen and oxygen atoms in total. The Morgan fingerprint density at radius 2 is 1.64 bits per heavy atom. The quantitative estimate of drug-likeness (QED) is 0.428. The molecule has 0 spiro atoms. The van der Waals surface area contributed by atoms with Crippen molar-refractivity contribution in [3.63, 3.8) is 0 Å². The number of nitrogens with zero attached hydrogens (tertiary/aromatic N) is 1. The summed E-state index contributed by atoms with van der Waals surface area (Å²) >= 11 is 0. The molecule has 1 heterocycles. The molecule has 1 N–H and O–H groups in total. The molecule has 3 heteroatoms. The normalized spacial score (nSPS) is 10.8. The molecule has 0 fully saturated rings. The van der Waals surface area contributed by atoms with Crippen molar-refractivity contribution in [2.24, 2.45) is 0 Å². The van der Waals surface area contributed by atoms with E-state index in [0.717, 1.165) is 40.8 Å². The number of pyridine rings is 1. The minimum Gasteiger partial charge on any atom is -0.478 e. The highest BCUT2D eigenvalue weighted by atomic mass is 16.4. The smallest absolute Gasteiger partial charge is 0.335 e. The topological polar surface area (TPSA) is 50.2 Å². The summed E-state index contributed by atoms with van der Waals surface area (Å²) in [7, 11) is 0. The lowest BCUT2D eigenvalue weighted by Crippen LogP contribution is -1.98. The minimum atomic E-state index is -0.919. The van der Waals surface area contributed by atoms with Crippen molar-refractivity contribution in [3.8, 4) is 22.3 Å². The van der Waals surface area contributed by atoms with Gasteiger partial charge in [-0.15, -0.1) is 0 Å². The molecule has 0 unspecified atom stereocenters. The Kier molecular flexibility index (Phi) is 6.96. The van der Waals surface area contributed by atoms with E-state index >= 15 is 0 Å². The zero-order valence-electron chi connectivity index (χ0n) is 16.4. The Labute approximate surface area is 167 Å². The van der Waals surface area contributed by atoms with Crippen LogP contribution in [0.4, 0.5) is 0 Å². The molecule has 0 bridgehead atoms. The number of carbonyl (C=O) groups is 1. The van der Waals surface area contributed by atoms with Crippen molar-refractivity contribution in [1.82, 2.24) is 4.98 Å². The largest absolute Gasteiger partial charge is 0.478 e. The zero-order valence-corrected chi connectivity index (χ0v) is 16.4. The summed E-state index contributed by atoms with van der Waals surface area (Å²) in [4.78, 5) is 16.1. The highest BCUT2D eigenvalue weighted by Gasteiger charge is 2.12. The van der Waals surface area contributed by atoms with Gasteiger partial charge in [0.15, 0.2) is 0 Å². The fourth-order valence-corrected chi connectivity index (χ4v) is 3.43. The molecular formula is C25H27NO2. The lowest BCUT2D eigenvalue weighted by atomic mass is 9.93. The van der Waals surface area contributed by atoms with Gasteiger partial charge in [0.25, 0.3) is 0 Å². The van der Waals surface area contributed by atoms with Crippen LogP contribution in [-0.2, 0) is 6.42 Å². The maximum absolute atomic E-state index is 11.5. The van der Waals surface area contributed by atoms with E-state index in [9.17, 15) is 9.90 Å². The molecule has 0 radical (unpaired) electrons. The van der Waals surface area contributed by atoms with Crippen LogP contribution in [0.2, 0.25) is 0 Å². The van der Waals surface area contributed by atoms with Gasteiger partial charge in [-0.25, -0.2) is 4.79 Å². The predicted molar refractivity (Wildman–Crippen MR) is 115 cm³/mol. The molecule has 0 saturated carbocycles. The standard InChI is InChI=1S/C25H27NO2/c1-2-3-4-5-9-12-22-15-13-21(18-26-22)24-17-20(25(27)28)14-16-23(24)19-10-7-6-8-11-19/h6-8,10-11,13-18H,2-5,9,12H2,1H3,(H,27,28). The van der Waals surface area contributed by atoms with Gasteiger partial charge < -0.3 is 5.11 Å². The van der Waals surface area contributed by atoms with Gasteiger partial charge >= 0.3 is 5.97 Å². The first kappa shape index (κ1) is 19.8. The molecular weight excluding hydrogens is 346 g/mol. The van der Waals surface area contributed by atoms with Gasteiger partial charge in [-0.2, -0.15) is 0 Å². The van der Waals surface area contributed by atoms with Crippen molar-refractivity contribution >= 4 is 5.97 Å². The molecule has 0 saturated heterocycles. The Morgan fingerprint density at radius 3 is 2.32 bits per heavy atom. The van der Waals surface area contributed by atoms with Gasteiger partial charge in [0.1, 0.15) is 0 Å². The van der Waals surface area contributed by atoms with Crippen molar-refractivity contribution in [1.29, 1.82) is 0 Å². The monoisotopic (exact) mass is 373 g/mol. The molecule has 0 aliphatic heterocycles. The van der Waals surface area contributed by atoms with Gasteiger partial charge in [-0.3, -0.25) is 4.98 Å². The maximum Gasteiger partial charge on any atom is 0.335 e. The Balaban J connectivity index is 1.85. The number of benzene rings is 2. The second-order valence-electron chi connectivity index (χ2n) is 7.13. The second kappa shape index (κ2) is 9.84. The van der Waals surface area contributed by atoms with Crippen LogP contribution < -0.4 is 0 Å². The summed E-state index contributed by atoms with van der Waals surface area (Å²) in [6.45, 7) is 2.23. The molecule has 0 aliphatic carbocycles. The molecule has 144 valence electrons. The number of hydrogen-bond acceptors (Lipinski definition) is 2. The van der Waals surface area contributed by atoms with E-state index in [-0.39, 0.29) is 5.56 Å². The van der Waals surface area contributed by atoms with Crippen LogP contribution in [0.5, 0.6) is 0 Å². The zero-order chi connectivity index (χ0) is 19.8. The average Bonchev–Trinajstić information content (AvgIpc) is 2.74. The van der Waals surface area contributed by atoms with E-state index in [1.807, 2.05) is 42.6 Å². The molecule has 1 aromatic heterocycles. The van der Waals surface area contributed by atoms with E-state index in [1.54, 1.807) is 12.1 Å². The van der Waals surface area contributed by atoms with Crippen molar-refractivity contribution in [2.75, 3.05) is 0 Å². The summed E-state index contributed by atoms with van der Waals surface area (Å²) in [5, 5.41) is 9.40. The van der Waals surface area contributed by atoms with E-state index in [1.165, 1.54) is 25.7 Å². The third kappa shape index (κ3) is 5.07. The van der Waals surface area contributed by atoms with Gasteiger partial charge in [0.2, 0.25) is 0 Å². The first-order chi connectivity index (χ1) is 13.7. The summed E-state index contributed by atoms with van der Waals surface area (Å²) < 4.78 is 0. The maximum atomic E-state index is 11.5. The Bertz CT molecular complexity index is 902. The van der Waals surface area contributed by atoms with Gasteiger partial charge in [-0.1, -0.05) is 75.1 Å².